The highest BCUT2D eigenvalue weighted by Crippen LogP contribution is 2.23. The Morgan fingerprint density at radius 2 is 2.13 bits per heavy atom. The number of aliphatic hydroxyl groups excluding tert-OH is 1. The highest BCUT2D eigenvalue weighted by molar-refractivity contribution is 5.94. The molecule has 0 aliphatic carbocycles. The van der Waals surface area contributed by atoms with Crippen molar-refractivity contribution < 1.29 is 9.90 Å². The second-order valence-corrected chi connectivity index (χ2v) is 6.08. The number of carbonyl (C=O) groups is 1. The molecule has 2 rings (SSSR count). The Labute approximate surface area is 138 Å². The Morgan fingerprint density at radius 1 is 1.39 bits per heavy atom. The second kappa shape index (κ2) is 8.66. The Morgan fingerprint density at radius 3 is 2.78 bits per heavy atom. The lowest BCUT2D eigenvalue weighted by Gasteiger charge is -2.40. The van der Waals surface area contributed by atoms with Crippen LogP contribution in [0.1, 0.15) is 32.6 Å². The van der Waals surface area contributed by atoms with Crippen molar-refractivity contribution in [3.63, 3.8) is 0 Å². The maximum absolute atomic E-state index is 12.8. The number of hydrogen-bond donors (Lipinski definition) is 1. The molecule has 5 nitrogen and oxygen atoms in total. The van der Waals surface area contributed by atoms with Gasteiger partial charge in [-0.25, -0.2) is 0 Å². The van der Waals surface area contributed by atoms with E-state index in [0.29, 0.717) is 19.0 Å². The van der Waals surface area contributed by atoms with Crippen LogP contribution in [-0.4, -0.2) is 47.7 Å². The van der Waals surface area contributed by atoms with Crippen LogP contribution in [0.4, 0.5) is 5.69 Å². The minimum Gasteiger partial charge on any atom is -0.395 e. The molecule has 1 N–H and O–H groups in total. The van der Waals surface area contributed by atoms with Gasteiger partial charge in [-0.3, -0.25) is 9.69 Å². The number of nitrogens with zero attached hydrogens (tertiary/aromatic N) is 3. The van der Waals surface area contributed by atoms with Crippen LogP contribution in [0.5, 0.6) is 0 Å². The molecule has 1 saturated heterocycles. The van der Waals surface area contributed by atoms with Crippen molar-refractivity contribution in [2.45, 2.75) is 44.7 Å². The Kier molecular flexibility index (Phi) is 6.57. The summed E-state index contributed by atoms with van der Waals surface area (Å²) in [7, 11) is 0. The Balaban J connectivity index is 2.12. The van der Waals surface area contributed by atoms with E-state index in [-0.39, 0.29) is 25.1 Å². The monoisotopic (exact) mass is 315 g/mol. The predicted molar refractivity (Wildman–Crippen MR) is 89.9 cm³/mol. The van der Waals surface area contributed by atoms with Crippen molar-refractivity contribution in [1.82, 2.24) is 4.90 Å². The topological polar surface area (TPSA) is 67.6 Å². The molecule has 1 fully saturated rings. The summed E-state index contributed by atoms with van der Waals surface area (Å²) >= 11 is 0. The van der Waals surface area contributed by atoms with Crippen molar-refractivity contribution in [1.29, 1.82) is 5.26 Å². The smallest absolute Gasteiger partial charge is 0.241 e. The molecule has 0 spiro atoms. The van der Waals surface area contributed by atoms with Gasteiger partial charge in [-0.1, -0.05) is 24.6 Å². The number of nitriles is 1. The second-order valence-electron chi connectivity index (χ2n) is 6.08. The zero-order chi connectivity index (χ0) is 16.7. The van der Waals surface area contributed by atoms with Crippen molar-refractivity contribution >= 4 is 11.6 Å². The van der Waals surface area contributed by atoms with Gasteiger partial charge < -0.3 is 10.0 Å². The van der Waals surface area contributed by atoms with Gasteiger partial charge in [0.25, 0.3) is 0 Å². The van der Waals surface area contributed by atoms with Gasteiger partial charge in [-0.05, 0) is 31.9 Å². The number of rotatable bonds is 6. The molecule has 1 heterocycles. The number of anilines is 1. The van der Waals surface area contributed by atoms with E-state index in [9.17, 15) is 9.90 Å². The average Bonchev–Trinajstić information content (AvgIpc) is 2.58. The molecule has 0 aromatic heterocycles. The lowest BCUT2D eigenvalue weighted by molar-refractivity contribution is -0.121. The summed E-state index contributed by atoms with van der Waals surface area (Å²) in [5.74, 6) is -0.0151. The molecular weight excluding hydrogens is 290 g/mol. The summed E-state index contributed by atoms with van der Waals surface area (Å²) in [6.07, 6.45) is 3.37. The van der Waals surface area contributed by atoms with Gasteiger partial charge in [-0.15, -0.1) is 0 Å². The van der Waals surface area contributed by atoms with Crippen LogP contribution < -0.4 is 4.90 Å². The zero-order valence-electron chi connectivity index (χ0n) is 13.7. The van der Waals surface area contributed by atoms with Crippen molar-refractivity contribution in [2.75, 3.05) is 24.6 Å². The quantitative estimate of drug-likeness (QED) is 0.873. The van der Waals surface area contributed by atoms with Crippen LogP contribution in [0, 0.1) is 11.3 Å². The highest BCUT2D eigenvalue weighted by atomic mass is 16.3. The van der Waals surface area contributed by atoms with Gasteiger partial charge in [0.1, 0.15) is 0 Å². The van der Waals surface area contributed by atoms with E-state index in [2.05, 4.69) is 17.9 Å². The maximum atomic E-state index is 12.8. The molecule has 124 valence electrons. The summed E-state index contributed by atoms with van der Waals surface area (Å²) in [6.45, 7) is 2.87. The summed E-state index contributed by atoms with van der Waals surface area (Å²) < 4.78 is 0. The molecule has 1 amide bonds. The third-order valence-corrected chi connectivity index (χ3v) is 4.54. The van der Waals surface area contributed by atoms with E-state index < -0.39 is 0 Å². The van der Waals surface area contributed by atoms with Crippen LogP contribution in [0.2, 0.25) is 0 Å². The number of para-hydroxylation sites is 1. The minimum absolute atomic E-state index is 0.0151. The molecule has 1 aromatic rings. The predicted octanol–water partition coefficient (Wildman–Crippen LogP) is 2.17. The Bertz CT molecular complexity index is 541. The molecule has 23 heavy (non-hydrogen) atoms. The van der Waals surface area contributed by atoms with E-state index in [1.807, 2.05) is 30.3 Å². The van der Waals surface area contributed by atoms with Gasteiger partial charge in [0.15, 0.2) is 0 Å². The molecule has 1 aliphatic heterocycles. The fourth-order valence-corrected chi connectivity index (χ4v) is 3.23. The number of benzene rings is 1. The van der Waals surface area contributed by atoms with Crippen LogP contribution >= 0.6 is 0 Å². The third kappa shape index (κ3) is 4.54. The van der Waals surface area contributed by atoms with E-state index in [0.717, 1.165) is 24.9 Å². The van der Waals surface area contributed by atoms with Gasteiger partial charge >= 0.3 is 0 Å². The molecular formula is C18H25N3O2. The number of piperidine rings is 1. The number of aliphatic hydroxyl groups is 1. The fraction of sp³-hybridized carbons (Fsp3) is 0.556. The number of likely N-dealkylation sites (tertiary alicyclic amines) is 1. The minimum atomic E-state index is -0.0151. The molecule has 5 heteroatoms. The normalized spacial score (nSPS) is 21.6. The van der Waals surface area contributed by atoms with E-state index in [4.69, 9.17) is 5.26 Å². The molecule has 0 radical (unpaired) electrons. The average molecular weight is 315 g/mol. The van der Waals surface area contributed by atoms with Crippen LogP contribution in [0.15, 0.2) is 30.3 Å². The number of carbonyl (C=O) groups excluding carboxylic acids is 1. The summed E-state index contributed by atoms with van der Waals surface area (Å²) in [5.41, 5.74) is 0.818. The van der Waals surface area contributed by atoms with Gasteiger partial charge in [0, 0.05) is 24.3 Å². The SMILES string of the molecule is CC1CCCC(CO)N1CC(=O)N(CCC#N)c1ccccc1. The van der Waals surface area contributed by atoms with Crippen molar-refractivity contribution in [3.8, 4) is 6.07 Å². The Hall–Kier alpha value is -1.90. The van der Waals surface area contributed by atoms with Gasteiger partial charge in [0.2, 0.25) is 5.91 Å². The lowest BCUT2D eigenvalue weighted by Crippen LogP contribution is -2.52. The van der Waals surface area contributed by atoms with Crippen LogP contribution in [-0.2, 0) is 4.79 Å². The molecule has 2 unspecified atom stereocenters. The molecule has 0 bridgehead atoms. The molecule has 1 aliphatic rings. The largest absolute Gasteiger partial charge is 0.395 e. The molecule has 0 saturated carbocycles. The number of hydrogen-bond acceptors (Lipinski definition) is 4. The van der Waals surface area contributed by atoms with Gasteiger partial charge in [0.05, 0.1) is 25.6 Å². The summed E-state index contributed by atoms with van der Waals surface area (Å²) in [6, 6.07) is 11.9. The first-order chi connectivity index (χ1) is 11.2. The standard InChI is InChI=1S/C18H25N3O2/c1-15-7-5-10-17(14-22)21(15)13-18(23)20(12-6-11-19)16-8-3-2-4-9-16/h2-4,8-9,15,17,22H,5-7,10,12-14H2,1H3. The van der Waals surface area contributed by atoms with E-state index in [1.165, 1.54) is 0 Å². The molecule has 1 aromatic carbocycles. The first-order valence-electron chi connectivity index (χ1n) is 8.26. The van der Waals surface area contributed by atoms with Crippen molar-refractivity contribution in [2.24, 2.45) is 0 Å². The van der Waals surface area contributed by atoms with E-state index >= 15 is 0 Å². The number of amides is 1. The van der Waals surface area contributed by atoms with Crippen LogP contribution in [0.3, 0.4) is 0 Å². The lowest BCUT2D eigenvalue weighted by atomic mass is 9.97. The first kappa shape index (κ1) is 17.5. The van der Waals surface area contributed by atoms with Crippen molar-refractivity contribution in [3.05, 3.63) is 30.3 Å². The first-order valence-corrected chi connectivity index (χ1v) is 8.26. The summed E-state index contributed by atoms with van der Waals surface area (Å²) in [5, 5.41) is 18.4. The fourth-order valence-electron chi connectivity index (χ4n) is 3.23. The maximum Gasteiger partial charge on any atom is 0.241 e. The molecule has 2 atom stereocenters. The van der Waals surface area contributed by atoms with E-state index in [1.54, 1.807) is 4.90 Å². The van der Waals surface area contributed by atoms with Crippen LogP contribution in [0.25, 0.3) is 0 Å². The summed E-state index contributed by atoms with van der Waals surface area (Å²) in [4.78, 5) is 16.6. The highest BCUT2D eigenvalue weighted by Gasteiger charge is 2.30. The third-order valence-electron chi connectivity index (χ3n) is 4.54. The van der Waals surface area contributed by atoms with Gasteiger partial charge in [-0.2, -0.15) is 5.26 Å². The zero-order valence-corrected chi connectivity index (χ0v) is 13.7.